The van der Waals surface area contributed by atoms with Gasteiger partial charge in [0.15, 0.2) is 5.96 Å². The number of rotatable bonds is 5. The van der Waals surface area contributed by atoms with E-state index in [4.69, 9.17) is 4.74 Å². The summed E-state index contributed by atoms with van der Waals surface area (Å²) < 4.78 is 6.16. The predicted octanol–water partition coefficient (Wildman–Crippen LogP) is 3.68. The van der Waals surface area contributed by atoms with Gasteiger partial charge in [0.1, 0.15) is 6.10 Å². The maximum absolute atomic E-state index is 6.16. The van der Waals surface area contributed by atoms with Crippen molar-refractivity contribution < 1.29 is 4.74 Å². The summed E-state index contributed by atoms with van der Waals surface area (Å²) in [6.45, 7) is 7.35. The number of hydrogen-bond acceptors (Lipinski definition) is 4. The summed E-state index contributed by atoms with van der Waals surface area (Å²) in [4.78, 5) is 13.9. The van der Waals surface area contributed by atoms with Crippen molar-refractivity contribution in [3.63, 3.8) is 0 Å². The molecule has 2 fully saturated rings. The third-order valence-corrected chi connectivity index (χ3v) is 6.54. The van der Waals surface area contributed by atoms with Crippen LogP contribution in [0.15, 0.2) is 35.5 Å². The minimum Gasteiger partial charge on any atom is -0.474 e. The first-order valence-corrected chi connectivity index (χ1v) is 11.2. The maximum atomic E-state index is 6.16. The highest BCUT2D eigenvalue weighted by Crippen LogP contribution is 2.26. The number of nitrogens with zero attached hydrogens (tertiary/aromatic N) is 4. The van der Waals surface area contributed by atoms with E-state index < -0.39 is 0 Å². The quantitative estimate of drug-likeness (QED) is 0.275. The molecule has 1 saturated carbocycles. The van der Waals surface area contributed by atoms with Gasteiger partial charge in [-0.25, -0.2) is 4.98 Å². The second kappa shape index (κ2) is 11.3. The summed E-state index contributed by atoms with van der Waals surface area (Å²) in [5, 5.41) is 3.53. The lowest BCUT2D eigenvalue weighted by Gasteiger charge is -2.26. The van der Waals surface area contributed by atoms with E-state index in [0.717, 1.165) is 63.3 Å². The van der Waals surface area contributed by atoms with Crippen LogP contribution in [-0.2, 0) is 6.54 Å². The number of ether oxygens (including phenoxy) is 1. The zero-order valence-corrected chi connectivity index (χ0v) is 20.6. The molecule has 6 nitrogen and oxygen atoms in total. The summed E-state index contributed by atoms with van der Waals surface area (Å²) in [6.07, 6.45) is 12.7. The van der Waals surface area contributed by atoms with Crippen molar-refractivity contribution in [1.82, 2.24) is 20.1 Å². The maximum Gasteiger partial charge on any atom is 0.213 e. The molecule has 1 unspecified atom stereocenters. The average Bonchev–Trinajstić information content (AvgIpc) is 3.43. The fourth-order valence-corrected chi connectivity index (χ4v) is 4.68. The summed E-state index contributed by atoms with van der Waals surface area (Å²) in [5.74, 6) is 2.57. The first-order chi connectivity index (χ1) is 14.2. The molecule has 2 aliphatic heterocycles. The normalized spacial score (nSPS) is 27.2. The predicted molar refractivity (Wildman–Crippen MR) is 133 cm³/mol. The molecule has 1 atom stereocenters. The van der Waals surface area contributed by atoms with E-state index in [1.54, 1.807) is 0 Å². The van der Waals surface area contributed by atoms with Gasteiger partial charge in [-0.2, -0.15) is 0 Å². The zero-order valence-electron chi connectivity index (χ0n) is 18.3. The van der Waals surface area contributed by atoms with Crippen LogP contribution in [0.1, 0.15) is 44.6 Å². The molecule has 0 aromatic carbocycles. The molecule has 0 radical (unpaired) electrons. The van der Waals surface area contributed by atoms with Crippen LogP contribution in [0, 0.1) is 5.92 Å². The number of guanidine groups is 1. The largest absolute Gasteiger partial charge is 0.474 e. The molecule has 166 valence electrons. The van der Waals surface area contributed by atoms with Crippen LogP contribution >= 0.6 is 24.0 Å². The molecule has 30 heavy (non-hydrogen) atoms. The van der Waals surface area contributed by atoms with Crippen molar-refractivity contribution in [2.75, 3.05) is 33.2 Å². The van der Waals surface area contributed by atoms with Crippen molar-refractivity contribution >= 4 is 29.9 Å². The van der Waals surface area contributed by atoms with Crippen LogP contribution in [0.25, 0.3) is 0 Å². The van der Waals surface area contributed by atoms with E-state index in [9.17, 15) is 0 Å². The Bertz CT molecular complexity index is 724. The van der Waals surface area contributed by atoms with Crippen LogP contribution in [-0.4, -0.2) is 66.1 Å². The first-order valence-electron chi connectivity index (χ1n) is 11.2. The molecule has 1 saturated heterocycles. The molecular formula is C23H36IN5O. The molecule has 1 aromatic heterocycles. The molecule has 1 aliphatic carbocycles. The van der Waals surface area contributed by atoms with Crippen LogP contribution in [0.3, 0.4) is 0 Å². The highest BCUT2D eigenvalue weighted by atomic mass is 127. The summed E-state index contributed by atoms with van der Waals surface area (Å²) >= 11 is 0. The van der Waals surface area contributed by atoms with Crippen molar-refractivity contribution in [1.29, 1.82) is 0 Å². The van der Waals surface area contributed by atoms with Crippen LogP contribution in [0.2, 0.25) is 0 Å². The van der Waals surface area contributed by atoms with Gasteiger partial charge in [-0.15, -0.1) is 24.0 Å². The summed E-state index contributed by atoms with van der Waals surface area (Å²) in [5.41, 5.74) is 1.18. The smallest absolute Gasteiger partial charge is 0.213 e. The Morgan fingerprint density at radius 2 is 1.97 bits per heavy atom. The Kier molecular flexibility index (Phi) is 8.80. The molecule has 3 heterocycles. The van der Waals surface area contributed by atoms with E-state index in [0.29, 0.717) is 12.1 Å². The standard InChI is InChI=1S/C23H35N5O.HI/c1-18-5-7-21(8-6-18)29-22-15-19(9-11-25-22)16-26-23(24-2)28-14-10-20(17-28)27-12-3-4-13-27;/h3-4,9,11,15,18,20-21H,5-8,10,12-14,16-17H2,1-2H3,(H,24,26);1H. The van der Waals surface area contributed by atoms with Gasteiger partial charge >= 0.3 is 0 Å². The number of hydrogen-bond donors (Lipinski definition) is 1. The molecule has 4 rings (SSSR count). The number of halogens is 1. The summed E-state index contributed by atoms with van der Waals surface area (Å²) in [6, 6.07) is 4.75. The van der Waals surface area contributed by atoms with Crippen LogP contribution in [0.4, 0.5) is 0 Å². The van der Waals surface area contributed by atoms with Crippen molar-refractivity contribution in [3.05, 3.63) is 36.0 Å². The molecule has 3 aliphatic rings. The van der Waals surface area contributed by atoms with E-state index in [1.807, 2.05) is 13.2 Å². The SMILES string of the molecule is CN=C(NCc1ccnc(OC2CCC(C)CC2)c1)N1CCC(N2CC=CC2)C1.I. The molecule has 0 spiro atoms. The number of aromatic nitrogens is 1. The number of aliphatic imine (C=N–C) groups is 1. The van der Waals surface area contributed by atoms with Gasteiger partial charge in [0, 0.05) is 58.1 Å². The van der Waals surface area contributed by atoms with E-state index in [-0.39, 0.29) is 24.0 Å². The number of nitrogens with one attached hydrogen (secondary N) is 1. The van der Waals surface area contributed by atoms with Crippen LogP contribution < -0.4 is 10.1 Å². The minimum atomic E-state index is 0. The van der Waals surface area contributed by atoms with Crippen molar-refractivity contribution in [3.8, 4) is 5.88 Å². The Balaban J connectivity index is 0.00000256. The highest BCUT2D eigenvalue weighted by Gasteiger charge is 2.29. The average molecular weight is 525 g/mol. The Morgan fingerprint density at radius 3 is 2.70 bits per heavy atom. The van der Waals surface area contributed by atoms with Gasteiger partial charge in [-0.05, 0) is 49.7 Å². The van der Waals surface area contributed by atoms with Gasteiger partial charge in [0.05, 0.1) is 0 Å². The third kappa shape index (κ3) is 6.09. The fourth-order valence-electron chi connectivity index (χ4n) is 4.68. The van der Waals surface area contributed by atoms with Crippen LogP contribution in [0.5, 0.6) is 5.88 Å². The molecule has 0 amide bonds. The van der Waals surface area contributed by atoms with E-state index in [1.165, 1.54) is 24.8 Å². The number of pyridine rings is 1. The molecule has 7 heteroatoms. The zero-order chi connectivity index (χ0) is 20.1. The lowest BCUT2D eigenvalue weighted by molar-refractivity contribution is 0.130. The Morgan fingerprint density at radius 1 is 1.20 bits per heavy atom. The lowest BCUT2D eigenvalue weighted by atomic mass is 9.89. The first kappa shape index (κ1) is 23.3. The van der Waals surface area contributed by atoms with E-state index in [2.05, 4.69) is 56.3 Å². The number of likely N-dealkylation sites (tertiary alicyclic amines) is 1. The molecule has 1 N–H and O–H groups in total. The highest BCUT2D eigenvalue weighted by molar-refractivity contribution is 14.0. The summed E-state index contributed by atoms with van der Waals surface area (Å²) in [7, 11) is 1.87. The molecular weight excluding hydrogens is 489 g/mol. The third-order valence-electron chi connectivity index (χ3n) is 6.54. The van der Waals surface area contributed by atoms with Gasteiger partial charge in [0.25, 0.3) is 0 Å². The van der Waals surface area contributed by atoms with Gasteiger partial charge in [-0.1, -0.05) is 19.1 Å². The monoisotopic (exact) mass is 525 g/mol. The minimum absolute atomic E-state index is 0. The second-order valence-electron chi connectivity index (χ2n) is 8.72. The lowest BCUT2D eigenvalue weighted by Crippen LogP contribution is -2.42. The molecule has 1 aromatic rings. The van der Waals surface area contributed by atoms with E-state index >= 15 is 0 Å². The topological polar surface area (TPSA) is 53.0 Å². The van der Waals surface area contributed by atoms with Crippen molar-refractivity contribution in [2.24, 2.45) is 10.9 Å². The Labute approximate surface area is 198 Å². The second-order valence-corrected chi connectivity index (χ2v) is 8.72. The Hall–Kier alpha value is -1.35. The molecule has 0 bridgehead atoms. The fraction of sp³-hybridized carbons (Fsp3) is 0.652. The van der Waals surface area contributed by atoms with Gasteiger partial charge in [0.2, 0.25) is 5.88 Å². The van der Waals surface area contributed by atoms with Gasteiger partial charge in [-0.3, -0.25) is 9.89 Å². The van der Waals surface area contributed by atoms with Crippen molar-refractivity contribution in [2.45, 2.75) is 57.7 Å². The van der Waals surface area contributed by atoms with Gasteiger partial charge < -0.3 is 15.0 Å².